The molecule has 1 aromatic carbocycles. The molecule has 0 radical (unpaired) electrons. The molecule has 100 valence electrons. The fourth-order valence-corrected chi connectivity index (χ4v) is 1.98. The maximum atomic E-state index is 10.6. The number of hydrogen-bond acceptors (Lipinski definition) is 3. The van der Waals surface area contributed by atoms with Crippen LogP contribution in [0.15, 0.2) is 30.3 Å². The third-order valence-electron chi connectivity index (χ3n) is 2.11. The second kappa shape index (κ2) is 7.48. The summed E-state index contributed by atoms with van der Waals surface area (Å²) in [6, 6.07) is 9.60. The van der Waals surface area contributed by atoms with Crippen LogP contribution in [-0.2, 0) is 15.9 Å². The molecule has 0 spiro atoms. The summed E-state index contributed by atoms with van der Waals surface area (Å²) in [4.78, 5) is 17.3. The maximum absolute atomic E-state index is 10.6. The Morgan fingerprint density at radius 2 is 2.00 bits per heavy atom. The minimum atomic E-state index is -3.91. The normalized spacial score (nSPS) is 11.0. The van der Waals surface area contributed by atoms with Crippen molar-refractivity contribution in [1.29, 1.82) is 0 Å². The van der Waals surface area contributed by atoms with Crippen LogP contribution in [0.5, 0.6) is 0 Å². The molecular formula is C11H16NO4PS. The molecule has 3 N–H and O–H groups in total. The van der Waals surface area contributed by atoms with Crippen molar-refractivity contribution in [1.82, 2.24) is 5.32 Å². The van der Waals surface area contributed by atoms with E-state index in [1.807, 2.05) is 30.3 Å². The van der Waals surface area contributed by atoms with Crippen LogP contribution in [0, 0.1) is 0 Å². The van der Waals surface area contributed by atoms with Gasteiger partial charge in [0, 0.05) is 6.54 Å². The average Bonchev–Trinajstić information content (AvgIpc) is 2.32. The number of hydrogen-bond donors (Lipinski definition) is 3. The Morgan fingerprint density at radius 3 is 2.61 bits per heavy atom. The van der Waals surface area contributed by atoms with Crippen LogP contribution in [0.3, 0.4) is 0 Å². The summed E-state index contributed by atoms with van der Waals surface area (Å²) in [5.41, 5.74) is 1.01. The molecule has 1 rings (SSSR count). The van der Waals surface area contributed by atoms with Crippen molar-refractivity contribution in [2.75, 3.05) is 12.7 Å². The van der Waals surface area contributed by atoms with Gasteiger partial charge in [0.25, 0.3) is 5.17 Å². The number of nitrogens with one attached hydrogen (secondary N) is 1. The van der Waals surface area contributed by atoms with Gasteiger partial charge in [0.05, 0.1) is 6.16 Å². The van der Waals surface area contributed by atoms with Gasteiger partial charge in [-0.15, -0.1) is 0 Å². The number of rotatable bonds is 6. The lowest BCUT2D eigenvalue weighted by atomic mass is 10.2. The molecule has 0 bridgehead atoms. The molecule has 0 aromatic heterocycles. The average molecular weight is 289 g/mol. The molecule has 0 unspecified atom stereocenters. The fourth-order valence-electron chi connectivity index (χ4n) is 1.25. The van der Waals surface area contributed by atoms with Gasteiger partial charge in [0.15, 0.2) is 0 Å². The van der Waals surface area contributed by atoms with E-state index in [1.165, 1.54) is 0 Å². The van der Waals surface area contributed by atoms with Gasteiger partial charge >= 0.3 is 7.60 Å². The zero-order valence-electron chi connectivity index (χ0n) is 9.78. The van der Waals surface area contributed by atoms with E-state index in [4.69, 9.17) is 26.7 Å². The van der Waals surface area contributed by atoms with Crippen molar-refractivity contribution >= 4 is 25.0 Å². The second-order valence-corrected chi connectivity index (χ2v) is 5.88. The van der Waals surface area contributed by atoms with Gasteiger partial charge in [0.1, 0.15) is 6.61 Å². The van der Waals surface area contributed by atoms with E-state index in [1.54, 1.807) is 0 Å². The van der Waals surface area contributed by atoms with Crippen LogP contribution < -0.4 is 5.32 Å². The summed E-state index contributed by atoms with van der Waals surface area (Å²) in [7, 11) is -3.91. The van der Waals surface area contributed by atoms with Crippen LogP contribution >= 0.6 is 19.8 Å². The molecule has 0 amide bonds. The summed E-state index contributed by atoms with van der Waals surface area (Å²) in [6.45, 7) is 0.768. The Morgan fingerprint density at radius 1 is 1.33 bits per heavy atom. The van der Waals surface area contributed by atoms with Crippen molar-refractivity contribution < 1.29 is 19.1 Å². The molecule has 0 saturated carbocycles. The third-order valence-corrected chi connectivity index (χ3v) is 3.27. The number of benzene rings is 1. The molecule has 0 aliphatic heterocycles. The first-order valence-corrected chi connectivity index (χ1v) is 7.67. The molecular weight excluding hydrogens is 273 g/mol. The molecule has 0 atom stereocenters. The summed E-state index contributed by atoms with van der Waals surface area (Å²) in [6.07, 6.45) is 0.195. The van der Waals surface area contributed by atoms with Gasteiger partial charge in [-0.2, -0.15) is 0 Å². The van der Waals surface area contributed by atoms with Gasteiger partial charge in [-0.05, 0) is 24.2 Å². The molecule has 7 heteroatoms. The largest absolute Gasteiger partial charge is 0.466 e. The molecule has 5 nitrogen and oxygen atoms in total. The Balaban J connectivity index is 2.13. The molecule has 1 aromatic rings. The molecule has 0 fully saturated rings. The molecule has 0 heterocycles. The van der Waals surface area contributed by atoms with Crippen LogP contribution in [0.1, 0.15) is 12.0 Å². The minimum absolute atomic E-state index is 0.151. The lowest BCUT2D eigenvalue weighted by molar-refractivity contribution is 0.286. The Kier molecular flexibility index (Phi) is 6.29. The van der Waals surface area contributed by atoms with Gasteiger partial charge in [-0.25, -0.2) is 0 Å². The van der Waals surface area contributed by atoms with E-state index in [-0.39, 0.29) is 11.3 Å². The predicted molar refractivity (Wildman–Crippen MR) is 73.4 cm³/mol. The minimum Gasteiger partial charge on any atom is -0.466 e. The highest BCUT2D eigenvalue weighted by Gasteiger charge is 2.11. The maximum Gasteiger partial charge on any atom is 0.325 e. The fraction of sp³-hybridized carbons (Fsp3) is 0.364. The zero-order chi connectivity index (χ0) is 13.4. The third kappa shape index (κ3) is 7.40. The Bertz CT molecular complexity index is 420. The van der Waals surface area contributed by atoms with E-state index >= 15 is 0 Å². The van der Waals surface area contributed by atoms with E-state index in [9.17, 15) is 4.57 Å². The topological polar surface area (TPSA) is 78.8 Å². The highest BCUT2D eigenvalue weighted by Crippen LogP contribution is 2.34. The highest BCUT2D eigenvalue weighted by atomic mass is 32.1. The lowest BCUT2D eigenvalue weighted by Crippen LogP contribution is -2.25. The van der Waals surface area contributed by atoms with Gasteiger partial charge < -0.3 is 19.8 Å². The quantitative estimate of drug-likeness (QED) is 0.420. The highest BCUT2D eigenvalue weighted by molar-refractivity contribution is 7.80. The van der Waals surface area contributed by atoms with Crippen LogP contribution in [-0.4, -0.2) is 27.7 Å². The first kappa shape index (κ1) is 15.1. The standard InChI is InChI=1S/C11H16NO4PS/c13-17(14,15)8-4-7-12-11(18)16-9-10-5-2-1-3-6-10/h1-3,5-6H,4,7-9H2,(H,12,18)(H2,13,14,15). The van der Waals surface area contributed by atoms with Crippen molar-refractivity contribution in [3.05, 3.63) is 35.9 Å². The van der Waals surface area contributed by atoms with Crippen molar-refractivity contribution in [3.8, 4) is 0 Å². The zero-order valence-corrected chi connectivity index (χ0v) is 11.5. The van der Waals surface area contributed by atoms with Crippen molar-refractivity contribution in [3.63, 3.8) is 0 Å². The van der Waals surface area contributed by atoms with Gasteiger partial charge in [-0.3, -0.25) is 4.57 Å². The first-order chi connectivity index (χ1) is 8.47. The van der Waals surface area contributed by atoms with Crippen LogP contribution in [0.4, 0.5) is 0 Å². The van der Waals surface area contributed by atoms with E-state index in [0.717, 1.165) is 5.56 Å². The van der Waals surface area contributed by atoms with Gasteiger partial charge in [-0.1, -0.05) is 30.3 Å². The van der Waals surface area contributed by atoms with Crippen LogP contribution in [0.2, 0.25) is 0 Å². The van der Waals surface area contributed by atoms with Gasteiger partial charge in [0.2, 0.25) is 0 Å². The second-order valence-electron chi connectivity index (χ2n) is 3.73. The Hall–Kier alpha value is -0.940. The summed E-state index contributed by atoms with van der Waals surface area (Å²) < 4.78 is 15.9. The summed E-state index contributed by atoms with van der Waals surface area (Å²) in [5, 5.41) is 3.03. The summed E-state index contributed by atoms with van der Waals surface area (Å²) >= 11 is 4.93. The van der Waals surface area contributed by atoms with Crippen molar-refractivity contribution in [2.24, 2.45) is 0 Å². The van der Waals surface area contributed by atoms with Crippen molar-refractivity contribution in [2.45, 2.75) is 13.0 Å². The molecule has 0 aliphatic rings. The number of ether oxygens (including phenoxy) is 1. The van der Waals surface area contributed by atoms with Crippen LogP contribution in [0.25, 0.3) is 0 Å². The monoisotopic (exact) mass is 289 g/mol. The predicted octanol–water partition coefficient (Wildman–Crippen LogP) is 1.65. The molecule has 18 heavy (non-hydrogen) atoms. The first-order valence-electron chi connectivity index (χ1n) is 5.46. The lowest BCUT2D eigenvalue weighted by Gasteiger charge is -2.10. The SMILES string of the molecule is O=P(O)(O)CCCNC(=S)OCc1ccccc1. The number of thiocarbonyl (C=S) groups is 1. The van der Waals surface area contributed by atoms with E-state index < -0.39 is 7.60 Å². The smallest absolute Gasteiger partial charge is 0.325 e. The summed E-state index contributed by atoms with van der Waals surface area (Å²) in [5.74, 6) is 0. The van der Waals surface area contributed by atoms with E-state index in [2.05, 4.69) is 5.32 Å². The molecule has 0 aliphatic carbocycles. The molecule has 0 saturated heterocycles. The Labute approximate surface area is 111 Å². The van der Waals surface area contributed by atoms with E-state index in [0.29, 0.717) is 19.6 Å².